The van der Waals surface area contributed by atoms with Gasteiger partial charge in [-0.05, 0) is 43.2 Å². The number of aliphatic imine (C=N–C) groups is 1. The first-order chi connectivity index (χ1) is 29.0. The van der Waals surface area contributed by atoms with E-state index >= 15 is 4.39 Å². The predicted octanol–water partition coefficient (Wildman–Crippen LogP) is 8.33. The average molecular weight is 808 g/mol. The van der Waals surface area contributed by atoms with Crippen molar-refractivity contribution in [3.05, 3.63) is 113 Å². The maximum atomic E-state index is 16.0. The van der Waals surface area contributed by atoms with E-state index in [0.29, 0.717) is 46.5 Å². The molecule has 2 aromatic heterocycles. The number of benzene rings is 2. The summed E-state index contributed by atoms with van der Waals surface area (Å²) in [5.74, 6) is 1.24. The van der Waals surface area contributed by atoms with E-state index in [1.807, 2.05) is 18.3 Å². The molecule has 60 heavy (non-hydrogen) atoms. The summed E-state index contributed by atoms with van der Waals surface area (Å²) in [4.78, 5) is 25.9. The SMILES string of the molecule is [B]=C(NCc1ccc(-c2cc(Nc3ccc(N4CCN(CCc5ccc(N6CC/C(=C/C)NC6)cc5)CC4)cn3)ncn2)c(F)c1C)C(=N/C(=C\CC)C(C)(C)C)C1CC1. The average Bonchev–Trinajstić information content (AvgIpc) is 4.11. The number of hydrogen-bond acceptors (Lipinski definition) is 10. The van der Waals surface area contributed by atoms with Gasteiger partial charge in [0.15, 0.2) is 0 Å². The first-order valence-electron chi connectivity index (χ1n) is 21.7. The van der Waals surface area contributed by atoms with Gasteiger partial charge >= 0.3 is 197 Å². The number of allylic oxidation sites excluding steroid dienone is 3. The van der Waals surface area contributed by atoms with Crippen molar-refractivity contribution in [1.29, 1.82) is 0 Å². The second kappa shape index (κ2) is 19.4. The molecule has 0 atom stereocenters. The fourth-order valence-corrected chi connectivity index (χ4v) is 7.79. The van der Waals surface area contributed by atoms with Gasteiger partial charge in [0.1, 0.15) is 0 Å². The molecule has 1 saturated carbocycles. The molecule has 2 aromatic carbocycles. The summed E-state index contributed by atoms with van der Waals surface area (Å²) in [6, 6.07) is 18.6. The molecule has 0 amide bonds. The van der Waals surface area contributed by atoms with E-state index in [1.165, 1.54) is 23.3 Å². The van der Waals surface area contributed by atoms with E-state index in [2.05, 4.69) is 118 Å². The van der Waals surface area contributed by atoms with Crippen LogP contribution in [-0.4, -0.2) is 84.6 Å². The quantitative estimate of drug-likeness (QED) is 0.0810. The van der Waals surface area contributed by atoms with Crippen LogP contribution in [0.5, 0.6) is 0 Å². The Hall–Kier alpha value is -5.36. The molecule has 10 nitrogen and oxygen atoms in total. The van der Waals surface area contributed by atoms with Crippen molar-refractivity contribution in [3.63, 3.8) is 0 Å². The van der Waals surface area contributed by atoms with Crippen molar-refractivity contribution in [2.45, 2.75) is 80.2 Å². The fraction of sp³-hybridized carbons (Fsp3) is 0.438. The number of pyridine rings is 1. The van der Waals surface area contributed by atoms with Crippen LogP contribution in [0.25, 0.3) is 11.3 Å². The molecule has 0 unspecified atom stereocenters. The van der Waals surface area contributed by atoms with Crippen LogP contribution in [0.15, 0.2) is 95.7 Å². The number of halogens is 1. The zero-order valence-electron chi connectivity index (χ0n) is 36.4. The predicted molar refractivity (Wildman–Crippen MR) is 248 cm³/mol. The molecular formula is C48H61BFN10. The van der Waals surface area contributed by atoms with Gasteiger partial charge in [-0.1, -0.05) is 18.2 Å². The van der Waals surface area contributed by atoms with Crippen LogP contribution >= 0.6 is 0 Å². The standard InChI is InChI=1S/C48H61BFN10/c1-7-9-42(48(4,5)6)56-46(35-12-13-35)47(49)52-29-36-14-18-40(45(50)33(36)3)41-28-44(54-31-53-41)57-43-19-17-39(30-51-43)59-26-24-58(25-27-59)22-20-34-10-15-38(16-11-34)60-23-21-37(8-2)55-32-60/h8-11,14-19,28,30-31,35,52,55H,7,12-13,20-27,29,32H2,1-6H3,(H,51,53,54,57)/b37-8-,42-9-,56-46?. The molecular weight excluding hydrogens is 746 g/mol. The Bertz CT molecular complexity index is 2190. The van der Waals surface area contributed by atoms with Crippen molar-refractivity contribution in [1.82, 2.24) is 30.5 Å². The topological polar surface area (TPSA) is 96.8 Å². The summed E-state index contributed by atoms with van der Waals surface area (Å²) in [6.07, 6.45) is 12.9. The number of rotatable bonds is 15. The Balaban J connectivity index is 0.894. The zero-order valence-corrected chi connectivity index (χ0v) is 36.4. The minimum atomic E-state index is -0.319. The van der Waals surface area contributed by atoms with Crippen molar-refractivity contribution in [3.8, 4) is 11.3 Å². The van der Waals surface area contributed by atoms with Crippen molar-refractivity contribution in [2.24, 2.45) is 16.3 Å². The summed E-state index contributed by atoms with van der Waals surface area (Å²) in [5.41, 5.74) is 9.77. The summed E-state index contributed by atoms with van der Waals surface area (Å²) >= 11 is 0. The molecule has 3 N–H and O–H groups in total. The third-order valence-corrected chi connectivity index (χ3v) is 11.8. The van der Waals surface area contributed by atoms with E-state index in [1.54, 1.807) is 19.1 Å². The summed E-state index contributed by atoms with van der Waals surface area (Å²) < 4.78 is 16.0. The molecule has 2 aliphatic heterocycles. The van der Waals surface area contributed by atoms with Crippen LogP contribution in [0, 0.1) is 24.1 Å². The number of aromatic nitrogens is 3. The number of piperazine rings is 1. The van der Waals surface area contributed by atoms with Gasteiger partial charge in [-0.3, -0.25) is 4.90 Å². The number of hydrogen-bond donors (Lipinski definition) is 3. The molecule has 3 aliphatic rings. The number of nitrogens with zero attached hydrogens (tertiary/aromatic N) is 7. The van der Waals surface area contributed by atoms with Gasteiger partial charge in [-0.2, -0.15) is 0 Å². The van der Waals surface area contributed by atoms with Crippen molar-refractivity contribution < 1.29 is 4.39 Å². The first kappa shape index (κ1) is 42.8. The summed E-state index contributed by atoms with van der Waals surface area (Å²) in [5, 5.41) is 10.1. The Morgan fingerprint density at radius 3 is 2.37 bits per heavy atom. The fourth-order valence-electron chi connectivity index (χ4n) is 7.79. The number of nitrogens with one attached hydrogen (secondary N) is 3. The van der Waals surface area contributed by atoms with E-state index in [4.69, 9.17) is 17.5 Å². The van der Waals surface area contributed by atoms with Gasteiger partial charge in [0.05, 0.1) is 18.6 Å². The van der Waals surface area contributed by atoms with Gasteiger partial charge < -0.3 is 15.1 Å². The monoisotopic (exact) mass is 808 g/mol. The summed E-state index contributed by atoms with van der Waals surface area (Å²) in [7, 11) is 6.60. The number of anilines is 4. The Kier molecular flexibility index (Phi) is 13.8. The first-order valence-corrected chi connectivity index (χ1v) is 21.7. The van der Waals surface area contributed by atoms with E-state index < -0.39 is 0 Å². The zero-order chi connectivity index (χ0) is 42.2. The van der Waals surface area contributed by atoms with Crippen LogP contribution in [0.1, 0.15) is 77.0 Å². The molecule has 7 rings (SSSR count). The molecule has 4 aromatic rings. The Morgan fingerprint density at radius 2 is 1.72 bits per heavy atom. The normalized spacial score (nSPS) is 17.5. The van der Waals surface area contributed by atoms with Crippen molar-refractivity contribution in [2.75, 3.05) is 61.1 Å². The molecule has 1 radical (unpaired) electrons. The minimum absolute atomic E-state index is 0.0844. The van der Waals surface area contributed by atoms with E-state index in [9.17, 15) is 0 Å². The van der Waals surface area contributed by atoms with Crippen LogP contribution in [-0.2, 0) is 13.0 Å². The van der Waals surface area contributed by atoms with Crippen LogP contribution in [0.2, 0.25) is 0 Å². The van der Waals surface area contributed by atoms with Gasteiger partial charge in [0, 0.05) is 57.1 Å². The van der Waals surface area contributed by atoms with Crippen molar-refractivity contribution >= 4 is 41.8 Å². The second-order valence-corrected chi connectivity index (χ2v) is 17.2. The van der Waals surface area contributed by atoms with Crippen LogP contribution < -0.4 is 25.8 Å². The molecule has 1 aliphatic carbocycles. The molecule has 0 bridgehead atoms. The molecule has 12 heteroatoms. The van der Waals surface area contributed by atoms with E-state index in [-0.39, 0.29) is 11.2 Å². The van der Waals surface area contributed by atoms with Crippen LogP contribution in [0.4, 0.5) is 27.4 Å². The molecule has 3 fully saturated rings. The van der Waals surface area contributed by atoms with Gasteiger partial charge in [0.2, 0.25) is 0 Å². The molecule has 4 heterocycles. The third kappa shape index (κ3) is 10.9. The molecule has 0 spiro atoms. The van der Waals surface area contributed by atoms with Gasteiger partial charge in [0.25, 0.3) is 0 Å². The van der Waals surface area contributed by atoms with Crippen LogP contribution in [0.3, 0.4) is 0 Å². The second-order valence-electron chi connectivity index (χ2n) is 17.2. The van der Waals surface area contributed by atoms with E-state index in [0.717, 1.165) is 101 Å². The van der Waals surface area contributed by atoms with Gasteiger partial charge in [-0.25, -0.2) is 4.98 Å². The Morgan fingerprint density at radius 1 is 0.950 bits per heavy atom. The molecule has 2 saturated heterocycles. The molecule has 313 valence electrons. The van der Waals surface area contributed by atoms with Gasteiger partial charge in [-0.15, -0.1) is 0 Å². The summed E-state index contributed by atoms with van der Waals surface area (Å²) in [6.45, 7) is 19.8. The third-order valence-electron chi connectivity index (χ3n) is 11.8. The maximum absolute atomic E-state index is 16.0. The Labute approximate surface area is 357 Å².